The third kappa shape index (κ3) is 4.44. The minimum atomic E-state index is 0.0764. The van der Waals surface area contributed by atoms with Gasteiger partial charge in [0.1, 0.15) is 0 Å². The van der Waals surface area contributed by atoms with Gasteiger partial charge in [0.15, 0.2) is 0 Å². The van der Waals surface area contributed by atoms with Crippen LogP contribution < -0.4 is 5.32 Å². The SMILES string of the molecule is CC[C@H](NC(=O)Cc1ccc(C)cc1C)c1ccc(C)c(C)c1. The molecule has 0 radical (unpaired) electrons. The van der Waals surface area contributed by atoms with E-state index in [1.165, 1.54) is 27.8 Å². The fourth-order valence-electron chi connectivity index (χ4n) is 2.86. The summed E-state index contributed by atoms with van der Waals surface area (Å²) in [4.78, 5) is 12.4. The quantitative estimate of drug-likeness (QED) is 0.850. The van der Waals surface area contributed by atoms with Crippen molar-refractivity contribution < 1.29 is 4.79 Å². The maximum Gasteiger partial charge on any atom is 0.224 e. The fraction of sp³-hybridized carbons (Fsp3) is 0.381. The summed E-state index contributed by atoms with van der Waals surface area (Å²) in [6.45, 7) is 10.5. The van der Waals surface area contributed by atoms with Crippen molar-refractivity contribution in [1.82, 2.24) is 5.32 Å². The van der Waals surface area contributed by atoms with Crippen LogP contribution in [-0.2, 0) is 11.2 Å². The highest BCUT2D eigenvalue weighted by Gasteiger charge is 2.14. The molecule has 0 unspecified atom stereocenters. The molecular weight excluding hydrogens is 282 g/mol. The van der Waals surface area contributed by atoms with E-state index in [0.717, 1.165) is 12.0 Å². The molecule has 1 N–H and O–H groups in total. The number of carbonyl (C=O) groups is 1. The smallest absolute Gasteiger partial charge is 0.224 e. The Morgan fingerprint density at radius 2 is 1.70 bits per heavy atom. The second-order valence-electron chi connectivity index (χ2n) is 6.48. The van der Waals surface area contributed by atoms with Gasteiger partial charge in [0, 0.05) is 0 Å². The van der Waals surface area contributed by atoms with Crippen LogP contribution in [0.25, 0.3) is 0 Å². The standard InChI is InChI=1S/C21H27NO/c1-6-20(19-10-8-15(3)16(4)12-19)22-21(23)13-18-9-7-14(2)11-17(18)5/h7-12,20H,6,13H2,1-5H3,(H,22,23)/t20-/m0/s1. The number of nitrogens with one attached hydrogen (secondary N) is 1. The van der Waals surface area contributed by atoms with E-state index in [4.69, 9.17) is 0 Å². The summed E-state index contributed by atoms with van der Waals surface area (Å²) in [5.74, 6) is 0.0852. The topological polar surface area (TPSA) is 29.1 Å². The molecule has 0 heterocycles. The van der Waals surface area contributed by atoms with Crippen molar-refractivity contribution in [3.8, 4) is 0 Å². The second-order valence-corrected chi connectivity index (χ2v) is 6.48. The van der Waals surface area contributed by atoms with Crippen LogP contribution in [0.4, 0.5) is 0 Å². The molecule has 2 aromatic rings. The Kier molecular flexibility index (Phi) is 5.59. The lowest BCUT2D eigenvalue weighted by molar-refractivity contribution is -0.121. The van der Waals surface area contributed by atoms with E-state index < -0.39 is 0 Å². The zero-order valence-electron chi connectivity index (χ0n) is 14.9. The van der Waals surface area contributed by atoms with Crippen LogP contribution in [-0.4, -0.2) is 5.91 Å². The van der Waals surface area contributed by atoms with E-state index in [2.05, 4.69) is 76.3 Å². The van der Waals surface area contributed by atoms with Crippen LogP contribution in [0.15, 0.2) is 36.4 Å². The van der Waals surface area contributed by atoms with Crippen LogP contribution >= 0.6 is 0 Å². The zero-order chi connectivity index (χ0) is 17.0. The number of rotatable bonds is 5. The highest BCUT2D eigenvalue weighted by molar-refractivity contribution is 5.79. The van der Waals surface area contributed by atoms with E-state index >= 15 is 0 Å². The number of carbonyl (C=O) groups excluding carboxylic acids is 1. The molecular formula is C21H27NO. The van der Waals surface area contributed by atoms with Crippen molar-refractivity contribution in [3.63, 3.8) is 0 Å². The largest absolute Gasteiger partial charge is 0.349 e. The summed E-state index contributed by atoms with van der Waals surface area (Å²) in [7, 11) is 0. The van der Waals surface area contributed by atoms with Gasteiger partial charge < -0.3 is 5.32 Å². The van der Waals surface area contributed by atoms with E-state index in [9.17, 15) is 4.79 Å². The van der Waals surface area contributed by atoms with Crippen molar-refractivity contribution >= 4 is 5.91 Å². The Morgan fingerprint density at radius 3 is 2.30 bits per heavy atom. The minimum absolute atomic E-state index is 0.0764. The van der Waals surface area contributed by atoms with Crippen molar-refractivity contribution in [1.29, 1.82) is 0 Å². The Bertz CT molecular complexity index is 703. The molecule has 0 aliphatic rings. The number of benzene rings is 2. The Balaban J connectivity index is 2.08. The average Bonchev–Trinajstić information content (AvgIpc) is 2.50. The minimum Gasteiger partial charge on any atom is -0.349 e. The Labute approximate surface area is 139 Å². The summed E-state index contributed by atoms with van der Waals surface area (Å²) in [6.07, 6.45) is 1.33. The van der Waals surface area contributed by atoms with Gasteiger partial charge in [-0.1, -0.05) is 48.9 Å². The molecule has 2 aromatic carbocycles. The molecule has 0 saturated carbocycles. The van der Waals surface area contributed by atoms with Gasteiger partial charge in [0.05, 0.1) is 12.5 Å². The molecule has 0 aliphatic carbocycles. The number of hydrogen-bond donors (Lipinski definition) is 1. The fourth-order valence-corrected chi connectivity index (χ4v) is 2.86. The lowest BCUT2D eigenvalue weighted by Gasteiger charge is -2.19. The molecule has 0 fully saturated rings. The third-order valence-corrected chi connectivity index (χ3v) is 4.53. The van der Waals surface area contributed by atoms with Gasteiger partial charge in [-0.15, -0.1) is 0 Å². The molecule has 0 aromatic heterocycles. The second kappa shape index (κ2) is 7.45. The summed E-state index contributed by atoms with van der Waals surface area (Å²) >= 11 is 0. The molecule has 1 atom stereocenters. The first kappa shape index (κ1) is 17.3. The van der Waals surface area contributed by atoms with Crippen LogP contribution in [0.5, 0.6) is 0 Å². The first-order chi connectivity index (χ1) is 10.9. The molecule has 0 bridgehead atoms. The highest BCUT2D eigenvalue weighted by atomic mass is 16.1. The normalized spacial score (nSPS) is 12.0. The van der Waals surface area contributed by atoms with Gasteiger partial charge in [0.2, 0.25) is 5.91 Å². The van der Waals surface area contributed by atoms with E-state index in [1.807, 2.05) is 0 Å². The van der Waals surface area contributed by atoms with Gasteiger partial charge in [-0.2, -0.15) is 0 Å². The van der Waals surface area contributed by atoms with Gasteiger partial charge in [-0.3, -0.25) is 4.79 Å². The molecule has 2 heteroatoms. The van der Waals surface area contributed by atoms with Crippen molar-refractivity contribution in [2.75, 3.05) is 0 Å². The van der Waals surface area contributed by atoms with Gasteiger partial charge in [-0.25, -0.2) is 0 Å². The Morgan fingerprint density at radius 1 is 0.957 bits per heavy atom. The lowest BCUT2D eigenvalue weighted by Crippen LogP contribution is -2.29. The molecule has 1 amide bonds. The van der Waals surface area contributed by atoms with E-state index in [-0.39, 0.29) is 11.9 Å². The van der Waals surface area contributed by atoms with Crippen LogP contribution in [0, 0.1) is 27.7 Å². The first-order valence-electron chi connectivity index (χ1n) is 8.33. The van der Waals surface area contributed by atoms with E-state index in [1.54, 1.807) is 0 Å². The molecule has 0 saturated heterocycles. The van der Waals surface area contributed by atoms with Crippen molar-refractivity contribution in [3.05, 3.63) is 69.8 Å². The first-order valence-corrected chi connectivity index (χ1v) is 8.33. The maximum absolute atomic E-state index is 12.4. The Hall–Kier alpha value is -2.09. The molecule has 2 nitrogen and oxygen atoms in total. The predicted molar refractivity (Wildman–Crippen MR) is 96.7 cm³/mol. The molecule has 2 rings (SSSR count). The summed E-state index contributed by atoms with van der Waals surface area (Å²) in [5.41, 5.74) is 7.25. The van der Waals surface area contributed by atoms with Gasteiger partial charge >= 0.3 is 0 Å². The van der Waals surface area contributed by atoms with Gasteiger partial charge in [0.25, 0.3) is 0 Å². The monoisotopic (exact) mass is 309 g/mol. The highest BCUT2D eigenvalue weighted by Crippen LogP contribution is 2.20. The van der Waals surface area contributed by atoms with Crippen LogP contribution in [0.1, 0.15) is 52.8 Å². The predicted octanol–water partition coefficient (Wildman–Crippen LogP) is 4.73. The number of amides is 1. The molecule has 23 heavy (non-hydrogen) atoms. The van der Waals surface area contributed by atoms with Crippen LogP contribution in [0.2, 0.25) is 0 Å². The lowest BCUT2D eigenvalue weighted by atomic mass is 9.98. The maximum atomic E-state index is 12.4. The van der Waals surface area contributed by atoms with Crippen molar-refractivity contribution in [2.24, 2.45) is 0 Å². The molecule has 0 spiro atoms. The number of aryl methyl sites for hydroxylation is 4. The summed E-state index contributed by atoms with van der Waals surface area (Å²) in [6, 6.07) is 12.8. The van der Waals surface area contributed by atoms with E-state index in [0.29, 0.717) is 6.42 Å². The average molecular weight is 309 g/mol. The zero-order valence-corrected chi connectivity index (χ0v) is 14.9. The number of hydrogen-bond acceptors (Lipinski definition) is 1. The third-order valence-electron chi connectivity index (χ3n) is 4.53. The van der Waals surface area contributed by atoms with Crippen LogP contribution in [0.3, 0.4) is 0 Å². The van der Waals surface area contributed by atoms with Crippen molar-refractivity contribution in [2.45, 2.75) is 53.5 Å². The summed E-state index contributed by atoms with van der Waals surface area (Å²) < 4.78 is 0. The molecule has 122 valence electrons. The summed E-state index contributed by atoms with van der Waals surface area (Å²) in [5, 5.41) is 3.18. The molecule has 0 aliphatic heterocycles. The van der Waals surface area contributed by atoms with Gasteiger partial charge in [-0.05, 0) is 61.9 Å².